The Balaban J connectivity index is 2.00. The van der Waals surface area contributed by atoms with Crippen LogP contribution in [0.2, 0.25) is 0 Å². The molecule has 1 atom stereocenters. The Morgan fingerprint density at radius 1 is 1.29 bits per heavy atom. The summed E-state index contributed by atoms with van der Waals surface area (Å²) in [5, 5.41) is 1.67. The Labute approximate surface area is 140 Å². The lowest BCUT2D eigenvalue weighted by molar-refractivity contribution is 0.297. The van der Waals surface area contributed by atoms with Crippen molar-refractivity contribution in [1.29, 1.82) is 0 Å². The molecule has 0 amide bonds. The van der Waals surface area contributed by atoms with Gasteiger partial charge in [0.25, 0.3) is 0 Å². The van der Waals surface area contributed by atoms with Crippen molar-refractivity contribution in [1.82, 2.24) is 0 Å². The van der Waals surface area contributed by atoms with Gasteiger partial charge in [0, 0.05) is 10.9 Å². The van der Waals surface area contributed by atoms with Gasteiger partial charge in [0.1, 0.15) is 5.75 Å². The number of hydrogen-bond donors (Lipinski definition) is 0. The lowest BCUT2D eigenvalue weighted by Gasteiger charge is -2.15. The maximum Gasteiger partial charge on any atom is 0.162 e. The molecule has 1 aromatic heterocycles. The van der Waals surface area contributed by atoms with Gasteiger partial charge in [-0.1, -0.05) is 15.9 Å². The highest BCUT2D eigenvalue weighted by Gasteiger charge is 2.23. The number of halogens is 2. The standard InChI is InChI=1S/C15H14BrClO3S/c1-18-11-3-6-21-15(11)14(17)9-7-12-13(8-10(9)16)20-5-2-4-19-12/h3,6-8,14H,2,4-5H2,1H3. The predicted molar refractivity (Wildman–Crippen MR) is 88.3 cm³/mol. The van der Waals surface area contributed by atoms with E-state index >= 15 is 0 Å². The zero-order valence-electron chi connectivity index (χ0n) is 11.4. The summed E-state index contributed by atoms with van der Waals surface area (Å²) in [6.45, 7) is 1.32. The van der Waals surface area contributed by atoms with E-state index in [2.05, 4.69) is 15.9 Å². The molecule has 21 heavy (non-hydrogen) atoms. The Kier molecular flexibility index (Phi) is 4.62. The molecule has 1 aromatic carbocycles. The number of thiophene rings is 1. The van der Waals surface area contributed by atoms with Crippen molar-refractivity contribution in [3.05, 3.63) is 38.5 Å². The van der Waals surface area contributed by atoms with Crippen LogP contribution in [0.1, 0.15) is 22.2 Å². The quantitative estimate of drug-likeness (QED) is 0.691. The SMILES string of the molecule is COc1ccsc1C(Cl)c1cc2c(cc1Br)OCCCO2. The number of benzene rings is 1. The monoisotopic (exact) mass is 388 g/mol. The third-order valence-corrected chi connectivity index (χ3v) is 5.48. The van der Waals surface area contributed by atoms with Crippen molar-refractivity contribution in [3.8, 4) is 17.2 Å². The predicted octanol–water partition coefficient (Wildman–Crippen LogP) is 5.01. The smallest absolute Gasteiger partial charge is 0.162 e. The van der Waals surface area contributed by atoms with Gasteiger partial charge in [0.2, 0.25) is 0 Å². The van der Waals surface area contributed by atoms with Crippen LogP contribution in [-0.4, -0.2) is 20.3 Å². The zero-order valence-corrected chi connectivity index (χ0v) is 14.6. The van der Waals surface area contributed by atoms with E-state index in [0.717, 1.165) is 38.6 Å². The fourth-order valence-corrected chi connectivity index (χ4v) is 4.18. The Morgan fingerprint density at radius 3 is 2.71 bits per heavy atom. The van der Waals surface area contributed by atoms with Crippen molar-refractivity contribution in [2.45, 2.75) is 11.8 Å². The summed E-state index contributed by atoms with van der Waals surface area (Å²) in [5.41, 5.74) is 0.946. The van der Waals surface area contributed by atoms with Crippen LogP contribution < -0.4 is 14.2 Å². The second kappa shape index (κ2) is 6.46. The van der Waals surface area contributed by atoms with E-state index in [1.807, 2.05) is 23.6 Å². The molecule has 3 rings (SSSR count). The highest BCUT2D eigenvalue weighted by Crippen LogP contribution is 2.45. The Bertz CT molecular complexity index is 644. The Morgan fingerprint density at radius 2 is 2.00 bits per heavy atom. The number of ether oxygens (including phenoxy) is 3. The second-order valence-corrected chi connectivity index (χ2v) is 6.83. The third-order valence-electron chi connectivity index (χ3n) is 3.25. The number of rotatable bonds is 3. The van der Waals surface area contributed by atoms with E-state index in [1.54, 1.807) is 18.4 Å². The average Bonchev–Trinajstić information content (AvgIpc) is 2.85. The number of fused-ring (bicyclic) bond motifs is 1. The summed E-state index contributed by atoms with van der Waals surface area (Å²) < 4.78 is 17.7. The summed E-state index contributed by atoms with van der Waals surface area (Å²) in [4.78, 5) is 0.981. The van der Waals surface area contributed by atoms with Gasteiger partial charge in [-0.15, -0.1) is 22.9 Å². The zero-order chi connectivity index (χ0) is 14.8. The van der Waals surface area contributed by atoms with Gasteiger partial charge >= 0.3 is 0 Å². The van der Waals surface area contributed by atoms with E-state index in [4.69, 9.17) is 25.8 Å². The maximum atomic E-state index is 6.65. The van der Waals surface area contributed by atoms with Crippen LogP contribution in [0.5, 0.6) is 17.2 Å². The molecular formula is C15H14BrClO3S. The van der Waals surface area contributed by atoms with Crippen molar-refractivity contribution in [2.75, 3.05) is 20.3 Å². The number of hydrogen-bond acceptors (Lipinski definition) is 4. The van der Waals surface area contributed by atoms with Crippen molar-refractivity contribution < 1.29 is 14.2 Å². The molecular weight excluding hydrogens is 376 g/mol. The summed E-state index contributed by atoms with van der Waals surface area (Å²) >= 11 is 11.8. The number of alkyl halides is 1. The maximum absolute atomic E-state index is 6.65. The first-order valence-corrected chi connectivity index (χ1v) is 8.66. The van der Waals surface area contributed by atoms with E-state index in [-0.39, 0.29) is 5.38 Å². The first kappa shape index (κ1) is 15.0. The molecule has 0 radical (unpaired) electrons. The molecule has 3 nitrogen and oxygen atoms in total. The van der Waals surface area contributed by atoms with Crippen LogP contribution in [0.4, 0.5) is 0 Å². The molecule has 0 saturated carbocycles. The molecule has 1 aliphatic heterocycles. The number of methoxy groups -OCH3 is 1. The van der Waals surface area contributed by atoms with Crippen LogP contribution in [-0.2, 0) is 0 Å². The van der Waals surface area contributed by atoms with Crippen LogP contribution >= 0.6 is 38.9 Å². The van der Waals surface area contributed by atoms with Gasteiger partial charge in [-0.2, -0.15) is 0 Å². The largest absolute Gasteiger partial charge is 0.496 e. The van der Waals surface area contributed by atoms with Crippen molar-refractivity contribution in [2.24, 2.45) is 0 Å². The first-order chi connectivity index (χ1) is 10.2. The molecule has 1 unspecified atom stereocenters. The van der Waals surface area contributed by atoms with Gasteiger partial charge in [0.15, 0.2) is 11.5 Å². The van der Waals surface area contributed by atoms with Crippen LogP contribution in [0.25, 0.3) is 0 Å². The molecule has 112 valence electrons. The fraction of sp³-hybridized carbons (Fsp3) is 0.333. The highest BCUT2D eigenvalue weighted by molar-refractivity contribution is 9.10. The minimum absolute atomic E-state index is 0.300. The molecule has 6 heteroatoms. The van der Waals surface area contributed by atoms with Crippen molar-refractivity contribution in [3.63, 3.8) is 0 Å². The van der Waals surface area contributed by atoms with Crippen LogP contribution in [0, 0.1) is 0 Å². The van der Waals surface area contributed by atoms with Gasteiger partial charge in [-0.05, 0) is 29.1 Å². The fourth-order valence-electron chi connectivity index (χ4n) is 2.20. The summed E-state index contributed by atoms with van der Waals surface area (Å²) in [6.07, 6.45) is 0.880. The van der Waals surface area contributed by atoms with E-state index in [1.165, 1.54) is 0 Å². The molecule has 2 aromatic rings. The lowest BCUT2D eigenvalue weighted by atomic mass is 10.1. The molecule has 0 bridgehead atoms. The minimum atomic E-state index is -0.300. The molecule has 0 saturated heterocycles. The van der Waals surface area contributed by atoms with E-state index in [0.29, 0.717) is 13.2 Å². The van der Waals surface area contributed by atoms with Gasteiger partial charge in [0.05, 0.1) is 30.6 Å². The van der Waals surface area contributed by atoms with Gasteiger partial charge in [-0.25, -0.2) is 0 Å². The minimum Gasteiger partial charge on any atom is -0.496 e. The molecule has 0 aliphatic carbocycles. The lowest BCUT2D eigenvalue weighted by Crippen LogP contribution is -1.98. The van der Waals surface area contributed by atoms with Crippen LogP contribution in [0.3, 0.4) is 0 Å². The third kappa shape index (κ3) is 3.00. The summed E-state index contributed by atoms with van der Waals surface area (Å²) in [7, 11) is 1.65. The normalized spacial score (nSPS) is 15.4. The molecule has 0 spiro atoms. The van der Waals surface area contributed by atoms with Gasteiger partial charge < -0.3 is 14.2 Å². The van der Waals surface area contributed by atoms with E-state index < -0.39 is 0 Å². The Hall–Kier alpha value is -0.910. The van der Waals surface area contributed by atoms with Crippen LogP contribution in [0.15, 0.2) is 28.1 Å². The molecule has 0 fully saturated rings. The molecule has 2 heterocycles. The van der Waals surface area contributed by atoms with E-state index in [9.17, 15) is 0 Å². The molecule has 0 N–H and O–H groups in total. The highest BCUT2D eigenvalue weighted by atomic mass is 79.9. The molecule has 1 aliphatic rings. The van der Waals surface area contributed by atoms with Gasteiger partial charge in [-0.3, -0.25) is 0 Å². The topological polar surface area (TPSA) is 27.7 Å². The summed E-state index contributed by atoms with van der Waals surface area (Å²) in [6, 6.07) is 5.79. The summed E-state index contributed by atoms with van der Waals surface area (Å²) in [5.74, 6) is 2.30. The van der Waals surface area contributed by atoms with Crippen molar-refractivity contribution >= 4 is 38.9 Å². The average molecular weight is 390 g/mol. The first-order valence-electron chi connectivity index (χ1n) is 6.55. The second-order valence-electron chi connectivity index (χ2n) is 4.59.